The van der Waals surface area contributed by atoms with Gasteiger partial charge in [0.2, 0.25) is 0 Å². The molecule has 6 nitrogen and oxygen atoms in total. The Morgan fingerprint density at radius 3 is 2.45 bits per heavy atom. The van der Waals surface area contributed by atoms with Gasteiger partial charge < -0.3 is 14.9 Å². The summed E-state index contributed by atoms with van der Waals surface area (Å²) in [4.78, 5) is 12.3. The van der Waals surface area contributed by atoms with Gasteiger partial charge in [-0.15, -0.1) is 0 Å². The molecular formula is C16H18N2O4. The zero-order valence-electron chi connectivity index (χ0n) is 12.1. The summed E-state index contributed by atoms with van der Waals surface area (Å²) in [5.74, 6) is 4.91. The van der Waals surface area contributed by atoms with Crippen molar-refractivity contribution < 1.29 is 19.7 Å². The van der Waals surface area contributed by atoms with Crippen molar-refractivity contribution in [3.8, 4) is 17.2 Å². The van der Waals surface area contributed by atoms with Crippen LogP contribution in [0.3, 0.4) is 0 Å². The van der Waals surface area contributed by atoms with Crippen LogP contribution >= 0.6 is 0 Å². The molecule has 2 aromatic carbocycles. The van der Waals surface area contributed by atoms with Crippen LogP contribution in [0.5, 0.6) is 17.2 Å². The second-order valence-electron chi connectivity index (χ2n) is 5.18. The molecule has 0 radical (unpaired) electrons. The van der Waals surface area contributed by atoms with E-state index >= 15 is 0 Å². The number of carbonyl (C=O) groups excluding carboxylic acids is 1. The van der Waals surface area contributed by atoms with Crippen LogP contribution < -0.4 is 16.0 Å². The number of carbonyl (C=O) groups is 1. The molecule has 0 saturated heterocycles. The average molecular weight is 302 g/mol. The molecule has 22 heavy (non-hydrogen) atoms. The van der Waals surface area contributed by atoms with Crippen LogP contribution in [-0.4, -0.2) is 21.7 Å². The summed E-state index contributed by atoms with van der Waals surface area (Å²) in [6, 6.07) is 13.0. The van der Waals surface area contributed by atoms with Gasteiger partial charge in [-0.25, -0.2) is 10.2 Å². The summed E-state index contributed by atoms with van der Waals surface area (Å²) in [5, 5.41) is 18.8. The van der Waals surface area contributed by atoms with Crippen LogP contribution in [0.4, 0.5) is 0 Å². The van der Waals surface area contributed by atoms with Crippen molar-refractivity contribution in [3.05, 3.63) is 54.1 Å². The second kappa shape index (κ2) is 6.46. The standard InChI is InChI=1S/C16H18N2O4/c1-16(18-17,10-11-7-8-13(19)14(20)9-11)15(21)22-12-5-3-2-4-6-12/h2-9,18-20H,10,17H2,1H3. The predicted molar refractivity (Wildman–Crippen MR) is 81.3 cm³/mol. The number of benzene rings is 2. The number of ether oxygens (including phenoxy) is 1. The summed E-state index contributed by atoms with van der Waals surface area (Å²) in [7, 11) is 0. The molecule has 0 aromatic heterocycles. The van der Waals surface area contributed by atoms with E-state index in [0.717, 1.165) is 0 Å². The Hall–Kier alpha value is -2.57. The number of para-hydroxylation sites is 1. The van der Waals surface area contributed by atoms with Gasteiger partial charge in [0.25, 0.3) is 0 Å². The molecule has 0 aliphatic carbocycles. The molecule has 2 aromatic rings. The van der Waals surface area contributed by atoms with Crippen LogP contribution in [0.2, 0.25) is 0 Å². The third-order valence-corrected chi connectivity index (χ3v) is 3.32. The topological polar surface area (TPSA) is 105 Å². The molecule has 116 valence electrons. The Balaban J connectivity index is 2.16. The van der Waals surface area contributed by atoms with Crippen LogP contribution in [0, 0.1) is 0 Å². The highest BCUT2D eigenvalue weighted by Gasteiger charge is 2.34. The van der Waals surface area contributed by atoms with E-state index in [1.807, 2.05) is 6.07 Å². The fourth-order valence-electron chi connectivity index (χ4n) is 1.98. The highest BCUT2D eigenvalue weighted by molar-refractivity contribution is 5.82. The fourth-order valence-corrected chi connectivity index (χ4v) is 1.98. The maximum atomic E-state index is 12.3. The smallest absolute Gasteiger partial charge is 0.333 e. The molecule has 1 unspecified atom stereocenters. The van der Waals surface area contributed by atoms with Gasteiger partial charge in [0.05, 0.1) is 0 Å². The highest BCUT2D eigenvalue weighted by Crippen LogP contribution is 2.27. The predicted octanol–water partition coefficient (Wildman–Crippen LogP) is 1.47. The molecule has 0 spiro atoms. The highest BCUT2D eigenvalue weighted by atomic mass is 16.5. The van der Waals surface area contributed by atoms with Crippen LogP contribution in [0.25, 0.3) is 0 Å². The Kier molecular flexibility index (Phi) is 4.65. The van der Waals surface area contributed by atoms with E-state index in [4.69, 9.17) is 10.6 Å². The van der Waals surface area contributed by atoms with E-state index in [-0.39, 0.29) is 17.9 Å². The third-order valence-electron chi connectivity index (χ3n) is 3.32. The number of nitrogens with two attached hydrogens (primary N) is 1. The Bertz CT molecular complexity index is 660. The Labute approximate surface area is 128 Å². The molecule has 0 heterocycles. The van der Waals surface area contributed by atoms with Crippen LogP contribution in [0.1, 0.15) is 12.5 Å². The number of hydrogen-bond donors (Lipinski definition) is 4. The lowest BCUT2D eigenvalue weighted by molar-refractivity contribution is -0.141. The lowest BCUT2D eigenvalue weighted by Gasteiger charge is -2.26. The van der Waals surface area contributed by atoms with E-state index < -0.39 is 11.5 Å². The average Bonchev–Trinajstić information content (AvgIpc) is 2.52. The molecule has 2 rings (SSSR count). The largest absolute Gasteiger partial charge is 0.504 e. The molecule has 1 atom stereocenters. The number of aromatic hydroxyl groups is 2. The minimum atomic E-state index is -1.18. The molecule has 0 fully saturated rings. The number of rotatable bonds is 5. The molecule has 5 N–H and O–H groups in total. The zero-order chi connectivity index (χ0) is 16.2. The van der Waals surface area contributed by atoms with Crippen LogP contribution in [-0.2, 0) is 11.2 Å². The van der Waals surface area contributed by atoms with Gasteiger partial charge in [0, 0.05) is 6.42 Å². The number of hydrazine groups is 1. The second-order valence-corrected chi connectivity index (χ2v) is 5.18. The van der Waals surface area contributed by atoms with Crippen molar-refractivity contribution in [2.75, 3.05) is 0 Å². The lowest BCUT2D eigenvalue weighted by atomic mass is 9.93. The molecule has 0 amide bonds. The third kappa shape index (κ3) is 3.55. The number of hydrogen-bond acceptors (Lipinski definition) is 6. The molecule has 0 aliphatic heterocycles. The van der Waals surface area contributed by atoms with Crippen molar-refractivity contribution >= 4 is 5.97 Å². The molecular weight excluding hydrogens is 284 g/mol. The summed E-state index contributed by atoms with van der Waals surface area (Å²) in [6.45, 7) is 1.60. The Morgan fingerprint density at radius 1 is 1.18 bits per heavy atom. The van der Waals surface area contributed by atoms with Gasteiger partial charge >= 0.3 is 5.97 Å². The van der Waals surface area contributed by atoms with Gasteiger partial charge in [-0.3, -0.25) is 5.84 Å². The number of phenols is 2. The van der Waals surface area contributed by atoms with E-state index in [0.29, 0.717) is 11.3 Å². The van der Waals surface area contributed by atoms with E-state index in [9.17, 15) is 15.0 Å². The van der Waals surface area contributed by atoms with Crippen molar-refractivity contribution in [2.24, 2.45) is 5.84 Å². The van der Waals surface area contributed by atoms with Crippen molar-refractivity contribution in [2.45, 2.75) is 18.9 Å². The lowest BCUT2D eigenvalue weighted by Crippen LogP contribution is -2.56. The summed E-state index contributed by atoms with van der Waals surface area (Å²) in [6.07, 6.45) is 0.184. The molecule has 6 heteroatoms. The van der Waals surface area contributed by atoms with Gasteiger partial charge in [-0.1, -0.05) is 24.3 Å². The molecule has 0 saturated carbocycles. The van der Waals surface area contributed by atoms with Gasteiger partial charge in [0.15, 0.2) is 11.5 Å². The summed E-state index contributed by atoms with van der Waals surface area (Å²) >= 11 is 0. The van der Waals surface area contributed by atoms with Gasteiger partial charge in [0.1, 0.15) is 11.3 Å². The first-order chi connectivity index (χ1) is 10.4. The van der Waals surface area contributed by atoms with E-state index in [1.54, 1.807) is 37.3 Å². The quantitative estimate of drug-likeness (QED) is 0.219. The maximum absolute atomic E-state index is 12.3. The summed E-state index contributed by atoms with van der Waals surface area (Å²) < 4.78 is 5.30. The number of nitrogens with one attached hydrogen (secondary N) is 1. The minimum absolute atomic E-state index is 0.184. The first-order valence-corrected chi connectivity index (χ1v) is 6.70. The first kappa shape index (κ1) is 15.8. The van der Waals surface area contributed by atoms with Gasteiger partial charge in [-0.2, -0.15) is 0 Å². The van der Waals surface area contributed by atoms with Crippen molar-refractivity contribution in [3.63, 3.8) is 0 Å². The zero-order valence-corrected chi connectivity index (χ0v) is 12.1. The number of phenolic OH excluding ortho intramolecular Hbond substituents is 2. The number of esters is 1. The molecule has 0 aliphatic rings. The Morgan fingerprint density at radius 2 is 1.86 bits per heavy atom. The van der Waals surface area contributed by atoms with Crippen LogP contribution in [0.15, 0.2) is 48.5 Å². The SMILES string of the molecule is CC(Cc1ccc(O)c(O)c1)(NN)C(=O)Oc1ccccc1. The minimum Gasteiger partial charge on any atom is -0.504 e. The normalized spacial score (nSPS) is 13.4. The summed E-state index contributed by atoms with van der Waals surface area (Å²) in [5.41, 5.74) is 1.91. The van der Waals surface area contributed by atoms with E-state index in [2.05, 4.69) is 5.43 Å². The maximum Gasteiger partial charge on any atom is 0.333 e. The van der Waals surface area contributed by atoms with Gasteiger partial charge in [-0.05, 0) is 36.8 Å². The van der Waals surface area contributed by atoms with Crippen molar-refractivity contribution in [1.82, 2.24) is 5.43 Å². The monoisotopic (exact) mass is 302 g/mol. The van der Waals surface area contributed by atoms with Crippen molar-refractivity contribution in [1.29, 1.82) is 0 Å². The fraction of sp³-hybridized carbons (Fsp3) is 0.188. The van der Waals surface area contributed by atoms with E-state index in [1.165, 1.54) is 12.1 Å². The molecule has 0 bridgehead atoms. The first-order valence-electron chi connectivity index (χ1n) is 6.70.